The van der Waals surface area contributed by atoms with Gasteiger partial charge in [-0.2, -0.15) is 13.2 Å². The second-order valence-electron chi connectivity index (χ2n) is 4.49. The van der Waals surface area contributed by atoms with Gasteiger partial charge in [-0.3, -0.25) is 0 Å². The van der Waals surface area contributed by atoms with Crippen LogP contribution in [-0.2, 0) is 12.6 Å². The van der Waals surface area contributed by atoms with Crippen molar-refractivity contribution in [3.8, 4) is 0 Å². The summed E-state index contributed by atoms with van der Waals surface area (Å²) in [6.07, 6.45) is -3.76. The van der Waals surface area contributed by atoms with Crippen LogP contribution in [0.1, 0.15) is 11.1 Å². The van der Waals surface area contributed by atoms with E-state index in [9.17, 15) is 13.2 Å². The number of hydrogen-bond acceptors (Lipinski definition) is 1. The molecule has 2 aromatic rings. The quantitative estimate of drug-likeness (QED) is 0.711. The Morgan fingerprint density at radius 1 is 1.05 bits per heavy atom. The van der Waals surface area contributed by atoms with Gasteiger partial charge < -0.3 is 5.32 Å². The smallest absolute Gasteiger partial charge is 0.384 e. The van der Waals surface area contributed by atoms with E-state index < -0.39 is 11.7 Å². The third-order valence-corrected chi connectivity index (χ3v) is 3.67. The maximum Gasteiger partial charge on any atom is 0.418 e. The van der Waals surface area contributed by atoms with E-state index in [4.69, 9.17) is 11.6 Å². The summed E-state index contributed by atoms with van der Waals surface area (Å²) in [4.78, 5) is 0. The lowest BCUT2D eigenvalue weighted by Crippen LogP contribution is -2.12. The Hall–Kier alpha value is -1.20. The lowest BCUT2D eigenvalue weighted by atomic mass is 10.1. The first-order valence-electron chi connectivity index (χ1n) is 6.21. The Morgan fingerprint density at radius 2 is 1.71 bits per heavy atom. The molecule has 0 unspecified atom stereocenters. The van der Waals surface area contributed by atoms with Gasteiger partial charge in [-0.05, 0) is 42.3 Å². The van der Waals surface area contributed by atoms with Crippen LogP contribution in [0.5, 0.6) is 0 Å². The Morgan fingerprint density at radius 3 is 2.33 bits per heavy atom. The number of nitrogens with one attached hydrogen (secondary N) is 1. The maximum atomic E-state index is 12.9. The van der Waals surface area contributed by atoms with Crippen LogP contribution >= 0.6 is 27.5 Å². The summed E-state index contributed by atoms with van der Waals surface area (Å²) < 4.78 is 39.3. The van der Waals surface area contributed by atoms with Gasteiger partial charge in [0.15, 0.2) is 0 Å². The fraction of sp³-hybridized carbons (Fsp3) is 0.200. The normalized spacial score (nSPS) is 11.5. The molecule has 6 heteroatoms. The zero-order chi connectivity index (χ0) is 15.5. The molecule has 0 atom stereocenters. The molecule has 112 valence electrons. The van der Waals surface area contributed by atoms with Crippen molar-refractivity contribution in [3.63, 3.8) is 0 Å². The minimum Gasteiger partial charge on any atom is -0.384 e. The third-order valence-electron chi connectivity index (χ3n) is 2.93. The second-order valence-corrected chi connectivity index (χ2v) is 5.84. The standard InChI is InChI=1S/C15H12BrClF3N/c16-11-3-6-13(15(18,19)20)14(9-11)21-8-7-10-1-4-12(17)5-2-10/h1-6,9,21H,7-8H2. The number of benzene rings is 2. The van der Waals surface area contributed by atoms with Crippen LogP contribution < -0.4 is 5.32 Å². The van der Waals surface area contributed by atoms with Gasteiger partial charge in [0.2, 0.25) is 0 Å². The number of halogens is 5. The number of rotatable bonds is 4. The van der Waals surface area contributed by atoms with Crippen LogP contribution in [0.2, 0.25) is 5.02 Å². The molecule has 0 aromatic heterocycles. The number of anilines is 1. The molecule has 2 aromatic carbocycles. The monoisotopic (exact) mass is 377 g/mol. The van der Waals surface area contributed by atoms with E-state index in [0.29, 0.717) is 22.5 Å². The zero-order valence-corrected chi connectivity index (χ0v) is 13.2. The maximum absolute atomic E-state index is 12.9. The van der Waals surface area contributed by atoms with Crippen LogP contribution in [0.3, 0.4) is 0 Å². The molecule has 2 rings (SSSR count). The lowest BCUT2D eigenvalue weighted by Gasteiger charge is -2.15. The van der Waals surface area contributed by atoms with Gasteiger partial charge >= 0.3 is 6.18 Å². The molecule has 0 saturated carbocycles. The molecule has 21 heavy (non-hydrogen) atoms. The van der Waals surface area contributed by atoms with Crippen molar-refractivity contribution >= 4 is 33.2 Å². The summed E-state index contributed by atoms with van der Waals surface area (Å²) in [5, 5.41) is 3.48. The topological polar surface area (TPSA) is 12.0 Å². The van der Waals surface area contributed by atoms with Gasteiger partial charge in [-0.25, -0.2) is 0 Å². The molecule has 0 spiro atoms. The Labute approximate surface area is 134 Å². The summed E-state index contributed by atoms with van der Waals surface area (Å²) in [6.45, 7) is 0.404. The van der Waals surface area contributed by atoms with E-state index in [-0.39, 0.29) is 5.69 Å². The van der Waals surface area contributed by atoms with Crippen molar-refractivity contribution < 1.29 is 13.2 Å². The molecule has 0 aliphatic rings. The summed E-state index contributed by atoms with van der Waals surface area (Å²) >= 11 is 8.97. The van der Waals surface area contributed by atoms with Crippen molar-refractivity contribution in [1.82, 2.24) is 0 Å². The molecular weight excluding hydrogens is 367 g/mol. The van der Waals surface area contributed by atoms with Crippen LogP contribution in [0, 0.1) is 0 Å². The zero-order valence-electron chi connectivity index (χ0n) is 10.8. The van der Waals surface area contributed by atoms with Crippen molar-refractivity contribution in [1.29, 1.82) is 0 Å². The predicted molar refractivity (Wildman–Crippen MR) is 82.8 cm³/mol. The molecule has 1 N–H and O–H groups in total. The van der Waals surface area contributed by atoms with E-state index >= 15 is 0 Å². The Balaban J connectivity index is 2.06. The van der Waals surface area contributed by atoms with E-state index in [1.54, 1.807) is 12.1 Å². The van der Waals surface area contributed by atoms with Crippen molar-refractivity contribution in [2.75, 3.05) is 11.9 Å². The van der Waals surface area contributed by atoms with E-state index in [0.717, 1.165) is 11.6 Å². The van der Waals surface area contributed by atoms with Crippen molar-refractivity contribution in [2.24, 2.45) is 0 Å². The molecule has 0 heterocycles. The predicted octanol–water partition coefficient (Wildman–Crippen LogP) is 5.78. The Bertz CT molecular complexity index is 611. The highest BCUT2D eigenvalue weighted by Gasteiger charge is 2.33. The average Bonchev–Trinajstić information content (AvgIpc) is 2.40. The summed E-state index contributed by atoms with van der Waals surface area (Å²) in [5.41, 5.74) is 0.420. The van der Waals surface area contributed by atoms with Gasteiger partial charge in [0.1, 0.15) is 0 Å². The molecule has 0 saturated heterocycles. The van der Waals surface area contributed by atoms with Crippen LogP contribution in [-0.4, -0.2) is 6.54 Å². The minimum absolute atomic E-state index is 0.0749. The molecule has 0 aliphatic heterocycles. The molecule has 1 nitrogen and oxygen atoms in total. The fourth-order valence-electron chi connectivity index (χ4n) is 1.90. The highest BCUT2D eigenvalue weighted by molar-refractivity contribution is 9.10. The van der Waals surface area contributed by atoms with Crippen molar-refractivity contribution in [3.05, 3.63) is 63.1 Å². The molecule has 0 fully saturated rings. The fourth-order valence-corrected chi connectivity index (χ4v) is 2.39. The van der Waals surface area contributed by atoms with Crippen LogP contribution in [0.25, 0.3) is 0 Å². The van der Waals surface area contributed by atoms with Gasteiger partial charge in [0, 0.05) is 21.7 Å². The third kappa shape index (κ3) is 4.64. The first-order valence-corrected chi connectivity index (χ1v) is 7.38. The van der Waals surface area contributed by atoms with Gasteiger partial charge in [-0.15, -0.1) is 0 Å². The SMILES string of the molecule is FC(F)(F)c1ccc(Br)cc1NCCc1ccc(Cl)cc1. The highest BCUT2D eigenvalue weighted by atomic mass is 79.9. The summed E-state index contributed by atoms with van der Waals surface area (Å²) in [6, 6.07) is 11.1. The van der Waals surface area contributed by atoms with E-state index in [2.05, 4.69) is 21.2 Å². The van der Waals surface area contributed by atoms with Gasteiger partial charge in [0.05, 0.1) is 5.56 Å². The van der Waals surface area contributed by atoms with E-state index in [1.165, 1.54) is 12.1 Å². The molecule has 0 aliphatic carbocycles. The van der Waals surface area contributed by atoms with Crippen LogP contribution in [0.4, 0.5) is 18.9 Å². The van der Waals surface area contributed by atoms with Gasteiger partial charge in [0.25, 0.3) is 0 Å². The minimum atomic E-state index is -4.37. The highest BCUT2D eigenvalue weighted by Crippen LogP contribution is 2.36. The second kappa shape index (κ2) is 6.71. The first-order chi connectivity index (χ1) is 9.86. The lowest BCUT2D eigenvalue weighted by molar-refractivity contribution is -0.136. The largest absolute Gasteiger partial charge is 0.418 e. The molecular formula is C15H12BrClF3N. The number of hydrogen-bond donors (Lipinski definition) is 1. The van der Waals surface area contributed by atoms with Gasteiger partial charge in [-0.1, -0.05) is 39.7 Å². The van der Waals surface area contributed by atoms with Crippen LogP contribution in [0.15, 0.2) is 46.9 Å². The van der Waals surface area contributed by atoms with Crippen molar-refractivity contribution in [2.45, 2.75) is 12.6 Å². The molecule has 0 amide bonds. The number of alkyl halides is 3. The molecule has 0 bridgehead atoms. The summed E-state index contributed by atoms with van der Waals surface area (Å²) in [7, 11) is 0. The Kier molecular flexibility index (Phi) is 5.17. The average molecular weight is 379 g/mol. The summed E-state index contributed by atoms with van der Waals surface area (Å²) in [5.74, 6) is 0. The van der Waals surface area contributed by atoms with E-state index in [1.807, 2.05) is 12.1 Å². The molecule has 0 radical (unpaired) electrons. The first kappa shape index (κ1) is 16.2.